The maximum Gasteiger partial charge on any atom is 0.133 e. The zero-order chi connectivity index (χ0) is 12.1. The lowest BCUT2D eigenvalue weighted by atomic mass is 9.99. The van der Waals surface area contributed by atoms with Crippen molar-refractivity contribution in [3.05, 3.63) is 24.0 Å². The number of pyridine rings is 1. The number of nitrogens with zero attached hydrogens (tertiary/aromatic N) is 2. The molecule has 0 aliphatic carbocycles. The van der Waals surface area contributed by atoms with Gasteiger partial charge in [-0.25, -0.2) is 0 Å². The maximum atomic E-state index is 9.18. The van der Waals surface area contributed by atoms with Crippen LogP contribution < -0.4 is 0 Å². The predicted octanol–water partition coefficient (Wildman–Crippen LogP) is 1.65. The Labute approximate surface area is 102 Å². The number of methoxy groups -OCH3 is 1. The molecule has 4 nitrogen and oxygen atoms in total. The first-order chi connectivity index (χ1) is 8.28. The molecule has 0 aromatic carbocycles. The minimum Gasteiger partial charge on any atom is -0.506 e. The van der Waals surface area contributed by atoms with Crippen molar-refractivity contribution in [1.29, 1.82) is 0 Å². The van der Waals surface area contributed by atoms with Crippen molar-refractivity contribution in [3.8, 4) is 5.75 Å². The molecule has 2 heterocycles. The number of hydrogen-bond donors (Lipinski definition) is 1. The summed E-state index contributed by atoms with van der Waals surface area (Å²) in [5, 5.41) is 9.18. The monoisotopic (exact) mass is 236 g/mol. The van der Waals surface area contributed by atoms with Crippen LogP contribution in [0.3, 0.4) is 0 Å². The molecular weight excluding hydrogens is 216 g/mol. The smallest absolute Gasteiger partial charge is 0.133 e. The van der Waals surface area contributed by atoms with Crippen LogP contribution in [-0.4, -0.2) is 41.8 Å². The van der Waals surface area contributed by atoms with E-state index in [1.54, 1.807) is 13.2 Å². The van der Waals surface area contributed by atoms with Gasteiger partial charge in [-0.1, -0.05) is 0 Å². The third-order valence-electron chi connectivity index (χ3n) is 3.20. The van der Waals surface area contributed by atoms with E-state index in [4.69, 9.17) is 4.74 Å². The van der Waals surface area contributed by atoms with Crippen molar-refractivity contribution in [1.82, 2.24) is 9.88 Å². The van der Waals surface area contributed by atoms with Gasteiger partial charge in [0.15, 0.2) is 0 Å². The molecule has 1 aromatic rings. The Balaban J connectivity index is 1.87. The number of piperidine rings is 1. The zero-order valence-electron chi connectivity index (χ0n) is 10.3. The summed E-state index contributed by atoms with van der Waals surface area (Å²) in [5.41, 5.74) is 1.01. The molecule has 1 saturated heterocycles. The second-order valence-electron chi connectivity index (χ2n) is 4.71. The SMILES string of the molecule is COCC1CCCN(Cc2ccc(O)cn2)C1. The Bertz CT molecular complexity index is 338. The molecule has 94 valence electrons. The van der Waals surface area contributed by atoms with Gasteiger partial charge in [0.2, 0.25) is 0 Å². The highest BCUT2D eigenvalue weighted by atomic mass is 16.5. The van der Waals surface area contributed by atoms with E-state index in [0.717, 1.165) is 31.9 Å². The van der Waals surface area contributed by atoms with Crippen LogP contribution in [0.5, 0.6) is 5.75 Å². The lowest BCUT2D eigenvalue weighted by molar-refractivity contribution is 0.0868. The molecule has 0 spiro atoms. The highest BCUT2D eigenvalue weighted by Gasteiger charge is 2.19. The average molecular weight is 236 g/mol. The Hall–Kier alpha value is -1.13. The first-order valence-corrected chi connectivity index (χ1v) is 6.13. The molecule has 1 fully saturated rings. The van der Waals surface area contributed by atoms with Crippen molar-refractivity contribution >= 4 is 0 Å². The van der Waals surface area contributed by atoms with E-state index < -0.39 is 0 Å². The van der Waals surface area contributed by atoms with E-state index in [1.807, 2.05) is 6.07 Å². The normalized spacial score (nSPS) is 21.6. The summed E-state index contributed by atoms with van der Waals surface area (Å²) in [5.74, 6) is 0.871. The predicted molar refractivity (Wildman–Crippen MR) is 65.8 cm³/mol. The van der Waals surface area contributed by atoms with E-state index in [1.165, 1.54) is 19.0 Å². The van der Waals surface area contributed by atoms with Crippen LogP contribution in [0.15, 0.2) is 18.3 Å². The molecule has 0 radical (unpaired) electrons. The maximum absolute atomic E-state index is 9.18. The molecule has 4 heteroatoms. The van der Waals surface area contributed by atoms with Gasteiger partial charge < -0.3 is 9.84 Å². The first-order valence-electron chi connectivity index (χ1n) is 6.13. The fraction of sp³-hybridized carbons (Fsp3) is 0.615. The second-order valence-corrected chi connectivity index (χ2v) is 4.71. The molecule has 17 heavy (non-hydrogen) atoms. The molecule has 1 atom stereocenters. The quantitative estimate of drug-likeness (QED) is 0.863. The van der Waals surface area contributed by atoms with E-state index >= 15 is 0 Å². The first kappa shape index (κ1) is 12.3. The Morgan fingerprint density at radius 3 is 3.12 bits per heavy atom. The molecule has 1 N–H and O–H groups in total. The number of likely N-dealkylation sites (tertiary alicyclic amines) is 1. The zero-order valence-corrected chi connectivity index (χ0v) is 10.3. The fourth-order valence-electron chi connectivity index (χ4n) is 2.41. The van der Waals surface area contributed by atoms with Gasteiger partial charge in [-0.2, -0.15) is 0 Å². The molecule has 0 saturated carbocycles. The summed E-state index contributed by atoms with van der Waals surface area (Å²) < 4.78 is 5.22. The van der Waals surface area contributed by atoms with Gasteiger partial charge >= 0.3 is 0 Å². The van der Waals surface area contributed by atoms with E-state index in [0.29, 0.717) is 5.92 Å². The van der Waals surface area contributed by atoms with Gasteiger partial charge in [0.05, 0.1) is 18.5 Å². The van der Waals surface area contributed by atoms with Crippen LogP contribution in [0.1, 0.15) is 18.5 Å². The van der Waals surface area contributed by atoms with Crippen LogP contribution in [0.25, 0.3) is 0 Å². The largest absolute Gasteiger partial charge is 0.506 e. The average Bonchev–Trinajstić information content (AvgIpc) is 2.33. The lowest BCUT2D eigenvalue weighted by Crippen LogP contribution is -2.36. The molecule has 2 rings (SSSR count). The summed E-state index contributed by atoms with van der Waals surface area (Å²) in [7, 11) is 1.76. The second kappa shape index (κ2) is 5.98. The van der Waals surface area contributed by atoms with Crippen LogP contribution in [0, 0.1) is 5.92 Å². The van der Waals surface area contributed by atoms with Crippen LogP contribution in [0.4, 0.5) is 0 Å². The standard InChI is InChI=1S/C13H20N2O2/c1-17-10-11-3-2-6-15(8-11)9-12-4-5-13(16)7-14-12/h4-5,7,11,16H,2-3,6,8-10H2,1H3. The summed E-state index contributed by atoms with van der Waals surface area (Å²) in [6.45, 7) is 3.92. The Morgan fingerprint density at radius 2 is 2.41 bits per heavy atom. The third-order valence-corrected chi connectivity index (χ3v) is 3.20. The highest BCUT2D eigenvalue weighted by molar-refractivity contribution is 5.17. The highest BCUT2D eigenvalue weighted by Crippen LogP contribution is 2.18. The fourth-order valence-corrected chi connectivity index (χ4v) is 2.41. The number of hydrogen-bond acceptors (Lipinski definition) is 4. The van der Waals surface area contributed by atoms with Gasteiger partial charge in [0.25, 0.3) is 0 Å². The van der Waals surface area contributed by atoms with Gasteiger partial charge in [0.1, 0.15) is 5.75 Å². The van der Waals surface area contributed by atoms with Gasteiger partial charge in [-0.15, -0.1) is 0 Å². The molecule has 0 amide bonds. The number of aromatic hydroxyl groups is 1. The molecule has 1 aromatic heterocycles. The molecular formula is C13H20N2O2. The van der Waals surface area contributed by atoms with E-state index in [9.17, 15) is 5.11 Å². The van der Waals surface area contributed by atoms with Gasteiger partial charge in [-0.05, 0) is 37.4 Å². The topological polar surface area (TPSA) is 45.6 Å². The van der Waals surface area contributed by atoms with E-state index in [2.05, 4.69) is 9.88 Å². The summed E-state index contributed by atoms with van der Waals surface area (Å²) in [6.07, 6.45) is 3.99. The van der Waals surface area contributed by atoms with Crippen LogP contribution in [-0.2, 0) is 11.3 Å². The van der Waals surface area contributed by atoms with Crippen molar-refractivity contribution in [2.45, 2.75) is 19.4 Å². The number of rotatable bonds is 4. The van der Waals surface area contributed by atoms with Gasteiger partial charge in [-0.3, -0.25) is 9.88 Å². The van der Waals surface area contributed by atoms with Crippen LogP contribution in [0.2, 0.25) is 0 Å². The summed E-state index contributed by atoms with van der Waals surface area (Å²) in [4.78, 5) is 6.63. The summed E-state index contributed by atoms with van der Waals surface area (Å²) in [6, 6.07) is 3.58. The van der Waals surface area contributed by atoms with Crippen LogP contribution >= 0.6 is 0 Å². The van der Waals surface area contributed by atoms with Crippen molar-refractivity contribution in [3.63, 3.8) is 0 Å². The van der Waals surface area contributed by atoms with E-state index in [-0.39, 0.29) is 5.75 Å². The van der Waals surface area contributed by atoms with Crippen molar-refractivity contribution in [2.24, 2.45) is 5.92 Å². The van der Waals surface area contributed by atoms with Crippen molar-refractivity contribution in [2.75, 3.05) is 26.8 Å². The van der Waals surface area contributed by atoms with Gasteiger partial charge in [0, 0.05) is 20.2 Å². The molecule has 1 unspecified atom stereocenters. The minimum atomic E-state index is 0.227. The molecule has 1 aliphatic heterocycles. The molecule has 1 aliphatic rings. The summed E-state index contributed by atoms with van der Waals surface area (Å²) >= 11 is 0. The minimum absolute atomic E-state index is 0.227. The Kier molecular flexibility index (Phi) is 4.34. The number of aromatic nitrogens is 1. The molecule has 0 bridgehead atoms. The third kappa shape index (κ3) is 3.68. The number of ether oxygens (including phenoxy) is 1. The van der Waals surface area contributed by atoms with Crippen molar-refractivity contribution < 1.29 is 9.84 Å². The Morgan fingerprint density at radius 1 is 1.53 bits per heavy atom. The lowest BCUT2D eigenvalue weighted by Gasteiger charge is -2.32.